The molecule has 0 aliphatic carbocycles. The number of thioether (sulfide) groups is 1. The Kier molecular flexibility index (Phi) is 10.1. The number of nitrogens with zero attached hydrogens (tertiary/aromatic N) is 5. The van der Waals surface area contributed by atoms with E-state index in [2.05, 4.69) is 47.0 Å². The molecule has 1 atom stereocenters. The normalized spacial score (nSPS) is 13.2. The lowest BCUT2D eigenvalue weighted by molar-refractivity contribution is -0.145. The van der Waals surface area contributed by atoms with Crippen molar-refractivity contribution < 1.29 is 14.3 Å². The number of carbonyl (C=O) groups is 1. The van der Waals surface area contributed by atoms with Gasteiger partial charge in [-0.2, -0.15) is 5.26 Å². The minimum absolute atomic E-state index is 0.0816. The zero-order chi connectivity index (χ0) is 31.1. The second-order valence-electron chi connectivity index (χ2n) is 10.4. The molecule has 0 saturated carbocycles. The maximum Gasteiger partial charge on any atom is 0.322 e. The number of hydrogen-bond acceptors (Lipinski definition) is 10. The van der Waals surface area contributed by atoms with Crippen LogP contribution in [0.3, 0.4) is 0 Å². The number of ether oxygens (including phenoxy) is 2. The van der Waals surface area contributed by atoms with Gasteiger partial charge in [0.1, 0.15) is 46.9 Å². The zero-order valence-electron chi connectivity index (χ0n) is 24.6. The highest BCUT2D eigenvalue weighted by molar-refractivity contribution is 7.98. The Morgan fingerprint density at radius 2 is 1.84 bits per heavy atom. The minimum atomic E-state index is -0.688. The van der Waals surface area contributed by atoms with Crippen LogP contribution in [0, 0.1) is 24.8 Å². The number of carbonyl (C=O) groups excluding carboxylic acids is 1. The van der Waals surface area contributed by atoms with Gasteiger partial charge in [0.25, 0.3) is 0 Å². The molecular formula is C33H32N6O3S2. The molecule has 0 amide bonds. The summed E-state index contributed by atoms with van der Waals surface area (Å²) in [7, 11) is 0. The van der Waals surface area contributed by atoms with Crippen LogP contribution in [0.5, 0.6) is 5.75 Å². The predicted molar refractivity (Wildman–Crippen MR) is 174 cm³/mol. The summed E-state index contributed by atoms with van der Waals surface area (Å²) in [5.41, 5.74) is 10.7. The highest BCUT2D eigenvalue weighted by Gasteiger charge is 2.26. The first-order chi connectivity index (χ1) is 21.4. The molecule has 3 heterocycles. The first-order valence-electron chi connectivity index (χ1n) is 14.3. The summed E-state index contributed by atoms with van der Waals surface area (Å²) in [5.74, 6) is 1.25. The van der Waals surface area contributed by atoms with E-state index in [1.54, 1.807) is 30.4 Å². The van der Waals surface area contributed by atoms with Crippen molar-refractivity contribution >= 4 is 40.6 Å². The Hall–Kier alpha value is -4.42. The minimum Gasteiger partial charge on any atom is -0.490 e. The number of nitriles is 1. The second kappa shape index (κ2) is 14.4. The molecule has 11 heteroatoms. The number of thiazole rings is 1. The number of hydrogen-bond donors (Lipinski definition) is 1. The van der Waals surface area contributed by atoms with Crippen LogP contribution in [-0.4, -0.2) is 48.3 Å². The van der Waals surface area contributed by atoms with Gasteiger partial charge < -0.3 is 20.1 Å². The van der Waals surface area contributed by atoms with Crippen LogP contribution in [0.2, 0.25) is 0 Å². The van der Waals surface area contributed by atoms with Gasteiger partial charge in [-0.3, -0.25) is 4.79 Å². The number of aryl methyl sites for hydroxylation is 1. The summed E-state index contributed by atoms with van der Waals surface area (Å²) < 4.78 is 10.8. The number of rotatable bonds is 11. The molecule has 0 radical (unpaired) electrons. The smallest absolute Gasteiger partial charge is 0.322 e. The number of aromatic nitrogens is 2. The lowest BCUT2D eigenvalue weighted by atomic mass is 9.99. The molecule has 1 aliphatic rings. The van der Waals surface area contributed by atoms with Crippen LogP contribution in [0.1, 0.15) is 36.6 Å². The molecule has 0 bridgehead atoms. The molecular weight excluding hydrogens is 593 g/mol. The van der Waals surface area contributed by atoms with Gasteiger partial charge in [-0.15, -0.1) is 11.3 Å². The van der Waals surface area contributed by atoms with Crippen LogP contribution in [0.15, 0.2) is 58.9 Å². The van der Waals surface area contributed by atoms with Gasteiger partial charge in [0.2, 0.25) is 5.69 Å². The largest absolute Gasteiger partial charge is 0.490 e. The Balaban J connectivity index is 1.42. The monoisotopic (exact) mass is 624 g/mol. The summed E-state index contributed by atoms with van der Waals surface area (Å²) in [6, 6.07) is 17.2. The fraction of sp³-hybridized carbons (Fsp3) is 0.303. The molecule has 1 fully saturated rings. The fourth-order valence-electron chi connectivity index (χ4n) is 4.78. The summed E-state index contributed by atoms with van der Waals surface area (Å²) >= 11 is 3.06. The lowest BCUT2D eigenvalue weighted by Crippen LogP contribution is -2.29. The Bertz CT molecular complexity index is 1700. The predicted octanol–water partition coefficient (Wildman–Crippen LogP) is 6.76. The maximum absolute atomic E-state index is 11.6. The van der Waals surface area contributed by atoms with Gasteiger partial charge >= 0.3 is 5.97 Å². The SMILES string of the molecule is [C-]#[N+]c1c(N2CCCC2)nc(SCc2csc(-c3ccc(C)cc3)n2)c(C#N)c1-c1ccc(OCCOC(=O)[C@H](C)N)cc1. The number of anilines is 1. The molecule has 2 aromatic heterocycles. The summed E-state index contributed by atoms with van der Waals surface area (Å²) in [4.78, 5) is 27.4. The molecule has 5 rings (SSSR count). The van der Waals surface area contributed by atoms with Gasteiger partial charge in [0.05, 0.1) is 17.8 Å². The topological polar surface area (TPSA) is 119 Å². The first-order valence-corrected chi connectivity index (χ1v) is 16.1. The van der Waals surface area contributed by atoms with Crippen LogP contribution in [0.4, 0.5) is 11.5 Å². The van der Waals surface area contributed by atoms with Crippen molar-refractivity contribution in [3.8, 4) is 33.5 Å². The maximum atomic E-state index is 11.6. The Morgan fingerprint density at radius 1 is 1.14 bits per heavy atom. The van der Waals surface area contributed by atoms with E-state index in [1.165, 1.54) is 17.3 Å². The van der Waals surface area contributed by atoms with Gasteiger partial charge in [0, 0.05) is 35.3 Å². The van der Waals surface area contributed by atoms with Crippen LogP contribution < -0.4 is 15.4 Å². The van der Waals surface area contributed by atoms with E-state index in [0.717, 1.165) is 47.8 Å². The van der Waals surface area contributed by atoms with E-state index >= 15 is 0 Å². The Labute approximate surface area is 265 Å². The quantitative estimate of drug-likeness (QED) is 0.0835. The van der Waals surface area contributed by atoms with Crippen molar-refractivity contribution in [3.63, 3.8) is 0 Å². The van der Waals surface area contributed by atoms with Crippen molar-refractivity contribution in [3.05, 3.63) is 82.1 Å². The van der Waals surface area contributed by atoms with E-state index in [4.69, 9.17) is 31.7 Å². The highest BCUT2D eigenvalue weighted by atomic mass is 32.2. The third-order valence-corrected chi connectivity index (χ3v) is 9.02. The highest BCUT2D eigenvalue weighted by Crippen LogP contribution is 2.45. The van der Waals surface area contributed by atoms with E-state index < -0.39 is 12.0 Å². The molecule has 1 saturated heterocycles. The Morgan fingerprint density at radius 3 is 2.50 bits per heavy atom. The molecule has 224 valence electrons. The van der Waals surface area contributed by atoms with Crippen molar-refractivity contribution in [2.45, 2.75) is 43.5 Å². The summed E-state index contributed by atoms with van der Waals surface area (Å²) in [6.45, 7) is 13.6. The second-order valence-corrected chi connectivity index (χ2v) is 12.2. The molecule has 9 nitrogen and oxygen atoms in total. The molecule has 2 aromatic carbocycles. The van der Waals surface area contributed by atoms with Crippen molar-refractivity contribution in [2.24, 2.45) is 5.73 Å². The van der Waals surface area contributed by atoms with Crippen molar-refractivity contribution in [1.29, 1.82) is 5.26 Å². The van der Waals surface area contributed by atoms with Gasteiger partial charge in [0.15, 0.2) is 0 Å². The van der Waals surface area contributed by atoms with E-state index in [-0.39, 0.29) is 13.2 Å². The third-order valence-electron chi connectivity index (χ3n) is 7.07. The van der Waals surface area contributed by atoms with E-state index in [0.29, 0.717) is 39.2 Å². The average molecular weight is 625 g/mol. The summed E-state index contributed by atoms with van der Waals surface area (Å²) in [6.07, 6.45) is 2.06. The number of nitrogens with two attached hydrogens (primary N) is 1. The van der Waals surface area contributed by atoms with Crippen LogP contribution >= 0.6 is 23.1 Å². The van der Waals surface area contributed by atoms with Crippen molar-refractivity contribution in [1.82, 2.24) is 9.97 Å². The van der Waals surface area contributed by atoms with Crippen molar-refractivity contribution in [2.75, 3.05) is 31.2 Å². The zero-order valence-corrected chi connectivity index (χ0v) is 26.2. The number of pyridine rings is 1. The average Bonchev–Trinajstić information content (AvgIpc) is 3.75. The summed E-state index contributed by atoms with van der Waals surface area (Å²) in [5, 5.41) is 14.0. The number of esters is 1. The van der Waals surface area contributed by atoms with Gasteiger partial charge in [-0.05, 0) is 44.4 Å². The molecule has 1 aliphatic heterocycles. The van der Waals surface area contributed by atoms with Crippen LogP contribution in [-0.2, 0) is 15.3 Å². The van der Waals surface area contributed by atoms with Gasteiger partial charge in [-0.1, -0.05) is 53.7 Å². The molecule has 44 heavy (non-hydrogen) atoms. The third kappa shape index (κ3) is 7.20. The van der Waals surface area contributed by atoms with E-state index in [1.807, 2.05) is 17.5 Å². The molecule has 2 N–H and O–H groups in total. The fourth-order valence-corrected chi connectivity index (χ4v) is 6.59. The first kappa shape index (κ1) is 31.0. The molecule has 4 aromatic rings. The lowest BCUT2D eigenvalue weighted by Gasteiger charge is -2.22. The van der Waals surface area contributed by atoms with Crippen LogP contribution in [0.25, 0.3) is 26.5 Å². The van der Waals surface area contributed by atoms with Gasteiger partial charge in [-0.25, -0.2) is 14.8 Å². The molecule has 0 spiro atoms. The van der Waals surface area contributed by atoms with E-state index in [9.17, 15) is 10.1 Å². The standard InChI is InChI=1S/C33H32N6O3S2/c1-21-6-8-24(9-7-21)31-37-25(19-43-31)20-44-32-27(18-34)28(29(36-3)30(38-32)39-14-4-5-15-39)23-10-12-26(13-11-23)41-16-17-42-33(40)22(2)35/h6-13,19,22H,4-5,14-17,20,35H2,1-2H3/t22-/m0/s1. The molecule has 0 unspecified atom stereocenters. The number of benzene rings is 2.